The van der Waals surface area contributed by atoms with Crippen LogP contribution in [-0.4, -0.2) is 22.3 Å². The van der Waals surface area contributed by atoms with Crippen LogP contribution in [0.2, 0.25) is 12.1 Å². The minimum Gasteiger partial charge on any atom is -0.398 e. The minimum absolute atomic E-state index is 0.745. The van der Waals surface area contributed by atoms with E-state index in [1.807, 2.05) is 6.08 Å². The van der Waals surface area contributed by atoms with E-state index in [0.717, 1.165) is 37.1 Å². The van der Waals surface area contributed by atoms with Crippen LogP contribution >= 0.6 is 0 Å². The summed E-state index contributed by atoms with van der Waals surface area (Å²) in [6, 6.07) is 10.5. The van der Waals surface area contributed by atoms with Gasteiger partial charge in [-0.05, 0) is 29.6 Å². The van der Waals surface area contributed by atoms with E-state index in [2.05, 4.69) is 44.7 Å². The van der Waals surface area contributed by atoms with E-state index in [0.29, 0.717) is 0 Å². The summed E-state index contributed by atoms with van der Waals surface area (Å²) in [4.78, 5) is 0. The lowest BCUT2D eigenvalue weighted by Crippen LogP contribution is -2.40. The second kappa shape index (κ2) is 8.30. The molecule has 0 aromatic heterocycles. The van der Waals surface area contributed by atoms with Gasteiger partial charge in [-0.25, -0.2) is 0 Å². The van der Waals surface area contributed by atoms with Crippen LogP contribution < -0.4 is 0 Å². The largest absolute Gasteiger partial charge is 0.398 e. The molecule has 1 aromatic rings. The fraction of sp³-hybridized carbons (Fsp3) is 0.500. The normalized spacial score (nSPS) is 14.1. The van der Waals surface area contributed by atoms with Crippen LogP contribution in [0.5, 0.6) is 0 Å². The Hall–Kier alpha value is -0.903. The van der Waals surface area contributed by atoms with Crippen molar-refractivity contribution in [2.24, 2.45) is 0 Å². The fourth-order valence-electron chi connectivity index (χ4n) is 2.27. The van der Waals surface area contributed by atoms with Crippen molar-refractivity contribution in [2.75, 3.05) is 13.7 Å². The zero-order valence-corrected chi connectivity index (χ0v) is 13.4. The first-order valence-electron chi connectivity index (χ1n) is 7.10. The Bertz CT molecular complexity index is 386. The highest BCUT2D eigenvalue weighted by Crippen LogP contribution is 2.20. The van der Waals surface area contributed by atoms with E-state index in [1.54, 1.807) is 7.11 Å². The van der Waals surface area contributed by atoms with Gasteiger partial charge in [0.15, 0.2) is 0 Å². The Morgan fingerprint density at radius 1 is 1.32 bits per heavy atom. The van der Waals surface area contributed by atoms with Crippen molar-refractivity contribution in [3.63, 3.8) is 0 Å². The molecule has 0 N–H and O–H groups in total. The van der Waals surface area contributed by atoms with Gasteiger partial charge in [0.25, 0.3) is 0 Å². The Balaban J connectivity index is 2.53. The molecule has 0 saturated heterocycles. The Morgan fingerprint density at radius 3 is 2.68 bits per heavy atom. The highest BCUT2D eigenvalue weighted by molar-refractivity contribution is 6.67. The summed E-state index contributed by atoms with van der Waals surface area (Å²) < 4.78 is 11.8. The summed E-state index contributed by atoms with van der Waals surface area (Å²) in [7, 11) is -0.144. The number of hydrogen-bond donors (Lipinski definition) is 0. The summed E-state index contributed by atoms with van der Waals surface area (Å²) in [5.74, 6) is 0. The molecule has 106 valence electrons. The van der Waals surface area contributed by atoms with Crippen LogP contribution in [0.4, 0.5) is 0 Å². The molecule has 0 fully saturated rings. The molecule has 0 bridgehead atoms. The lowest BCUT2D eigenvalue weighted by atomic mass is 10.1. The molecular weight excluding hydrogens is 252 g/mol. The third-order valence-corrected chi connectivity index (χ3v) is 7.30. The lowest BCUT2D eigenvalue weighted by Gasteiger charge is -2.27. The molecule has 0 aliphatic heterocycles. The molecule has 1 unspecified atom stereocenters. The molecule has 3 heteroatoms. The monoisotopic (exact) mass is 278 g/mol. The van der Waals surface area contributed by atoms with Gasteiger partial charge in [-0.15, -0.1) is 0 Å². The highest BCUT2D eigenvalue weighted by Gasteiger charge is 2.33. The summed E-state index contributed by atoms with van der Waals surface area (Å²) in [5, 5.41) is 0. The van der Waals surface area contributed by atoms with E-state index in [-0.39, 0.29) is 0 Å². The molecule has 2 nitrogen and oxygen atoms in total. The molecule has 1 atom stereocenters. The van der Waals surface area contributed by atoms with Gasteiger partial charge < -0.3 is 8.85 Å². The molecule has 0 spiro atoms. The van der Waals surface area contributed by atoms with E-state index < -0.39 is 8.56 Å². The Labute approximate surface area is 118 Å². The topological polar surface area (TPSA) is 18.5 Å². The average molecular weight is 278 g/mol. The van der Waals surface area contributed by atoms with Gasteiger partial charge in [-0.2, -0.15) is 0 Å². The Kier molecular flexibility index (Phi) is 7.06. The molecule has 1 aromatic carbocycles. The predicted molar refractivity (Wildman–Crippen MR) is 84.5 cm³/mol. The van der Waals surface area contributed by atoms with Gasteiger partial charge in [-0.3, -0.25) is 0 Å². The second-order valence-corrected chi connectivity index (χ2v) is 8.49. The van der Waals surface area contributed by atoms with Crippen molar-refractivity contribution in [3.05, 3.63) is 42.0 Å². The quantitative estimate of drug-likeness (QED) is 0.623. The number of rotatable bonds is 9. The molecule has 0 aliphatic carbocycles. The van der Waals surface area contributed by atoms with Gasteiger partial charge >= 0.3 is 8.56 Å². The first kappa shape index (κ1) is 16.2. The third kappa shape index (κ3) is 4.94. The summed E-state index contributed by atoms with van der Waals surface area (Å²) in [6.45, 7) is 8.90. The first-order chi connectivity index (χ1) is 9.19. The van der Waals surface area contributed by atoms with Crippen LogP contribution in [0.3, 0.4) is 0 Å². The number of hydrogen-bond acceptors (Lipinski definition) is 2. The van der Waals surface area contributed by atoms with E-state index in [4.69, 9.17) is 8.85 Å². The van der Waals surface area contributed by atoms with Crippen LogP contribution in [0, 0.1) is 0 Å². The third-order valence-electron chi connectivity index (χ3n) is 3.48. The molecule has 0 heterocycles. The summed E-state index contributed by atoms with van der Waals surface area (Å²) in [6.07, 6.45) is 3.94. The maximum Gasteiger partial charge on any atom is 0.337 e. The van der Waals surface area contributed by atoms with Gasteiger partial charge in [0.2, 0.25) is 0 Å². The predicted octanol–water partition coefficient (Wildman–Crippen LogP) is 4.41. The Morgan fingerprint density at radius 2 is 2.11 bits per heavy atom. The first-order valence-corrected chi connectivity index (χ1v) is 9.33. The second-order valence-electron chi connectivity index (χ2n) is 4.77. The summed E-state index contributed by atoms with van der Waals surface area (Å²) in [5.41, 5.74) is 2.46. The maximum absolute atomic E-state index is 6.14. The number of benzene rings is 1. The van der Waals surface area contributed by atoms with Gasteiger partial charge in [-0.1, -0.05) is 57.2 Å². The van der Waals surface area contributed by atoms with E-state index in [9.17, 15) is 0 Å². The van der Waals surface area contributed by atoms with Crippen LogP contribution in [0.25, 0.3) is 6.08 Å². The fourth-order valence-corrected chi connectivity index (χ4v) is 4.82. The lowest BCUT2D eigenvalue weighted by molar-refractivity contribution is 0.201. The summed E-state index contributed by atoms with van der Waals surface area (Å²) >= 11 is 0. The zero-order valence-electron chi connectivity index (χ0n) is 12.4. The van der Waals surface area contributed by atoms with Crippen molar-refractivity contribution in [2.45, 2.75) is 38.8 Å². The van der Waals surface area contributed by atoms with Crippen LogP contribution in [0.15, 0.2) is 30.8 Å². The van der Waals surface area contributed by atoms with Crippen molar-refractivity contribution in [1.29, 1.82) is 0 Å². The molecular formula is C16H26O2Si. The van der Waals surface area contributed by atoms with E-state index in [1.165, 1.54) is 5.56 Å². The average Bonchev–Trinajstić information content (AvgIpc) is 2.46. The van der Waals surface area contributed by atoms with Gasteiger partial charge in [0, 0.05) is 13.7 Å². The maximum atomic E-state index is 6.14. The van der Waals surface area contributed by atoms with Crippen LogP contribution in [0.1, 0.15) is 31.4 Å². The minimum atomic E-state index is -1.94. The molecule has 0 radical (unpaired) electrons. The smallest absolute Gasteiger partial charge is 0.337 e. The molecule has 19 heavy (non-hydrogen) atoms. The van der Waals surface area contributed by atoms with Crippen LogP contribution in [-0.2, 0) is 15.3 Å². The van der Waals surface area contributed by atoms with Crippen molar-refractivity contribution < 1.29 is 8.85 Å². The van der Waals surface area contributed by atoms with Crippen molar-refractivity contribution >= 4 is 14.6 Å². The SMILES string of the molecule is C=Cc1cccc(CCO[Si](CC)(CCC)OC)c1. The molecule has 1 rings (SSSR count). The van der Waals surface area contributed by atoms with Crippen molar-refractivity contribution in [3.8, 4) is 0 Å². The molecule has 0 saturated carbocycles. The molecule has 0 aliphatic rings. The molecule has 0 amide bonds. The van der Waals surface area contributed by atoms with Crippen molar-refractivity contribution in [1.82, 2.24) is 0 Å². The standard InChI is InChI=1S/C16H26O2Si/c1-5-13-19(7-3,17-4)18-12-11-16-10-8-9-15(6-2)14-16/h6,8-10,14H,2,5,7,11-13H2,1,3-4H3. The highest BCUT2D eigenvalue weighted by atomic mass is 28.4. The van der Waals surface area contributed by atoms with Gasteiger partial charge in [0.1, 0.15) is 0 Å². The van der Waals surface area contributed by atoms with Gasteiger partial charge in [0.05, 0.1) is 0 Å². The zero-order chi connectivity index (χ0) is 14.1. The van der Waals surface area contributed by atoms with E-state index >= 15 is 0 Å².